The number of nitrogens with one attached hydrogen (secondary N) is 1. The molecule has 1 N–H and O–H groups in total. The molecule has 0 saturated heterocycles. The van der Waals surface area contributed by atoms with Gasteiger partial charge in [-0.05, 0) is 27.2 Å². The van der Waals surface area contributed by atoms with Gasteiger partial charge in [-0.2, -0.15) is 4.80 Å². The number of halogens is 1. The molecule has 7 heteroatoms. The van der Waals surface area contributed by atoms with Gasteiger partial charge in [0.05, 0.1) is 11.5 Å². The molecule has 1 aromatic heterocycles. The Hall–Kier alpha value is -1.47. The molecule has 1 heterocycles. The van der Waals surface area contributed by atoms with E-state index in [1.54, 1.807) is 7.05 Å². The standard InChI is InChI=1S/C13H18BrN5O/c1-9(2)15-7-10-5-4-6-11(14)13(10)20-8-12-16-18-19(3)17-12/h4-6,9,15H,7-8H2,1-3H3. The van der Waals surface area contributed by atoms with E-state index in [0.717, 1.165) is 22.3 Å². The maximum absolute atomic E-state index is 5.83. The molecule has 0 fully saturated rings. The topological polar surface area (TPSA) is 64.9 Å². The zero-order chi connectivity index (χ0) is 14.5. The molecule has 0 saturated carbocycles. The third-order valence-corrected chi connectivity index (χ3v) is 3.27. The molecule has 0 unspecified atom stereocenters. The highest BCUT2D eigenvalue weighted by Crippen LogP contribution is 2.29. The van der Waals surface area contributed by atoms with Gasteiger partial charge in [0.15, 0.2) is 6.61 Å². The summed E-state index contributed by atoms with van der Waals surface area (Å²) in [6, 6.07) is 6.41. The fourth-order valence-corrected chi connectivity index (χ4v) is 2.21. The van der Waals surface area contributed by atoms with Gasteiger partial charge < -0.3 is 10.1 Å². The van der Waals surface area contributed by atoms with Gasteiger partial charge in [0, 0.05) is 18.2 Å². The van der Waals surface area contributed by atoms with Gasteiger partial charge in [0.25, 0.3) is 0 Å². The van der Waals surface area contributed by atoms with E-state index in [1.807, 2.05) is 18.2 Å². The molecule has 0 aliphatic carbocycles. The highest BCUT2D eigenvalue weighted by molar-refractivity contribution is 9.10. The van der Waals surface area contributed by atoms with Gasteiger partial charge in [-0.25, -0.2) is 0 Å². The van der Waals surface area contributed by atoms with Crippen LogP contribution in [0.25, 0.3) is 0 Å². The van der Waals surface area contributed by atoms with E-state index < -0.39 is 0 Å². The highest BCUT2D eigenvalue weighted by atomic mass is 79.9. The lowest BCUT2D eigenvalue weighted by atomic mass is 10.2. The Morgan fingerprint density at radius 3 is 2.85 bits per heavy atom. The quantitative estimate of drug-likeness (QED) is 0.872. The van der Waals surface area contributed by atoms with Crippen molar-refractivity contribution in [1.82, 2.24) is 25.5 Å². The van der Waals surface area contributed by atoms with Gasteiger partial charge >= 0.3 is 0 Å². The van der Waals surface area contributed by atoms with E-state index in [4.69, 9.17) is 4.74 Å². The normalized spacial score (nSPS) is 11.1. The molecule has 0 radical (unpaired) electrons. The molecule has 6 nitrogen and oxygen atoms in total. The average molecular weight is 340 g/mol. The first-order valence-electron chi connectivity index (χ1n) is 6.42. The molecule has 0 atom stereocenters. The van der Waals surface area contributed by atoms with Gasteiger partial charge in [0.2, 0.25) is 5.82 Å². The third kappa shape index (κ3) is 4.01. The van der Waals surface area contributed by atoms with Crippen molar-refractivity contribution in [3.8, 4) is 5.75 Å². The molecular weight excluding hydrogens is 322 g/mol. The van der Waals surface area contributed by atoms with Gasteiger partial charge in [-0.3, -0.25) is 0 Å². The third-order valence-electron chi connectivity index (χ3n) is 2.64. The van der Waals surface area contributed by atoms with Crippen LogP contribution in [0.3, 0.4) is 0 Å². The van der Waals surface area contributed by atoms with E-state index >= 15 is 0 Å². The van der Waals surface area contributed by atoms with Crippen LogP contribution in [0, 0.1) is 0 Å². The number of hydrogen-bond donors (Lipinski definition) is 1. The zero-order valence-electron chi connectivity index (χ0n) is 11.8. The smallest absolute Gasteiger partial charge is 0.212 e. The Kier molecular flexibility index (Phi) is 5.08. The van der Waals surface area contributed by atoms with Crippen LogP contribution in [0.15, 0.2) is 22.7 Å². The molecule has 108 valence electrons. The largest absolute Gasteiger partial charge is 0.484 e. The molecule has 1 aromatic carbocycles. The first-order valence-corrected chi connectivity index (χ1v) is 7.22. The van der Waals surface area contributed by atoms with E-state index in [2.05, 4.69) is 50.5 Å². The summed E-state index contributed by atoms with van der Waals surface area (Å²) in [5, 5.41) is 15.2. The summed E-state index contributed by atoms with van der Waals surface area (Å²) in [4.78, 5) is 1.42. The van der Waals surface area contributed by atoms with Crippen molar-refractivity contribution >= 4 is 15.9 Å². The van der Waals surface area contributed by atoms with Crippen LogP contribution in [-0.4, -0.2) is 26.2 Å². The second-order valence-corrected chi connectivity index (χ2v) is 5.60. The minimum atomic E-state index is 0.297. The Bertz CT molecular complexity index is 570. The van der Waals surface area contributed by atoms with Gasteiger partial charge in [-0.15, -0.1) is 10.2 Å². The minimum Gasteiger partial charge on any atom is -0.484 e. The maximum Gasteiger partial charge on any atom is 0.212 e. The van der Waals surface area contributed by atoms with Crippen LogP contribution in [-0.2, 0) is 20.2 Å². The summed E-state index contributed by atoms with van der Waals surface area (Å²) >= 11 is 3.52. The Balaban J connectivity index is 2.08. The lowest BCUT2D eigenvalue weighted by molar-refractivity contribution is 0.289. The molecule has 0 aliphatic rings. The van der Waals surface area contributed by atoms with Crippen molar-refractivity contribution in [1.29, 1.82) is 0 Å². The van der Waals surface area contributed by atoms with Crippen molar-refractivity contribution in [2.45, 2.75) is 33.0 Å². The number of para-hydroxylation sites is 1. The SMILES string of the molecule is CC(C)NCc1cccc(Br)c1OCc1nnn(C)n1. The first kappa shape index (κ1) is 14.9. The van der Waals surface area contributed by atoms with Crippen LogP contribution < -0.4 is 10.1 Å². The Labute approximate surface area is 126 Å². The van der Waals surface area contributed by atoms with E-state index in [-0.39, 0.29) is 0 Å². The maximum atomic E-state index is 5.83. The molecule has 0 spiro atoms. The van der Waals surface area contributed by atoms with Crippen molar-refractivity contribution in [3.63, 3.8) is 0 Å². The second-order valence-electron chi connectivity index (χ2n) is 4.75. The lowest BCUT2D eigenvalue weighted by Crippen LogP contribution is -2.22. The molecule has 0 amide bonds. The number of benzene rings is 1. The zero-order valence-corrected chi connectivity index (χ0v) is 13.4. The summed E-state index contributed by atoms with van der Waals surface area (Å²) in [6.07, 6.45) is 0. The monoisotopic (exact) mass is 339 g/mol. The van der Waals surface area contributed by atoms with Crippen LogP contribution in [0.2, 0.25) is 0 Å². The number of hydrogen-bond acceptors (Lipinski definition) is 5. The van der Waals surface area contributed by atoms with Crippen molar-refractivity contribution in [2.24, 2.45) is 7.05 Å². The number of ether oxygens (including phenoxy) is 1. The number of tetrazole rings is 1. The average Bonchev–Trinajstić information content (AvgIpc) is 2.81. The van der Waals surface area contributed by atoms with Crippen LogP contribution >= 0.6 is 15.9 Å². The summed E-state index contributed by atoms with van der Waals surface area (Å²) in [5.41, 5.74) is 1.09. The van der Waals surface area contributed by atoms with E-state index in [9.17, 15) is 0 Å². The summed E-state index contributed by atoms with van der Waals surface area (Å²) in [6.45, 7) is 5.27. The molecule has 20 heavy (non-hydrogen) atoms. The van der Waals surface area contributed by atoms with Gasteiger partial charge in [0.1, 0.15) is 5.75 Å². The van der Waals surface area contributed by atoms with E-state index in [1.165, 1.54) is 4.80 Å². The van der Waals surface area contributed by atoms with Crippen molar-refractivity contribution < 1.29 is 4.74 Å². The molecule has 2 rings (SSSR count). The van der Waals surface area contributed by atoms with Crippen molar-refractivity contribution in [2.75, 3.05) is 0 Å². The summed E-state index contributed by atoms with van der Waals surface area (Å²) in [7, 11) is 1.73. The van der Waals surface area contributed by atoms with Gasteiger partial charge in [-0.1, -0.05) is 26.0 Å². The number of aryl methyl sites for hydroxylation is 1. The predicted molar refractivity (Wildman–Crippen MR) is 79.2 cm³/mol. The number of rotatable bonds is 6. The van der Waals surface area contributed by atoms with Crippen LogP contribution in [0.5, 0.6) is 5.75 Å². The lowest BCUT2D eigenvalue weighted by Gasteiger charge is -2.14. The predicted octanol–water partition coefficient (Wildman–Crippen LogP) is 2.05. The Morgan fingerprint density at radius 1 is 1.40 bits per heavy atom. The van der Waals surface area contributed by atoms with Crippen LogP contribution in [0.1, 0.15) is 25.2 Å². The molecule has 0 aliphatic heterocycles. The fourth-order valence-electron chi connectivity index (χ4n) is 1.69. The van der Waals surface area contributed by atoms with E-state index in [0.29, 0.717) is 18.5 Å². The second kappa shape index (κ2) is 6.81. The molecule has 2 aromatic rings. The van der Waals surface area contributed by atoms with Crippen LogP contribution in [0.4, 0.5) is 0 Å². The highest BCUT2D eigenvalue weighted by Gasteiger charge is 2.10. The molecule has 0 bridgehead atoms. The van der Waals surface area contributed by atoms with Crippen molar-refractivity contribution in [3.05, 3.63) is 34.1 Å². The number of nitrogens with zero attached hydrogens (tertiary/aromatic N) is 4. The fraction of sp³-hybridized carbons (Fsp3) is 0.462. The first-order chi connectivity index (χ1) is 9.56. The summed E-state index contributed by atoms with van der Waals surface area (Å²) < 4.78 is 6.76. The minimum absolute atomic E-state index is 0.297. The Morgan fingerprint density at radius 2 is 2.20 bits per heavy atom. The molecular formula is C13H18BrN5O. The number of aromatic nitrogens is 4. The summed E-state index contributed by atoms with van der Waals surface area (Å²) in [5.74, 6) is 1.37.